The number of benzene rings is 2. The number of hydrogen-bond acceptors (Lipinski definition) is 4. The highest BCUT2D eigenvalue weighted by atomic mass is 19.1. The van der Waals surface area contributed by atoms with Gasteiger partial charge >= 0.3 is 11.8 Å². The monoisotopic (exact) mass is 357 g/mol. The standard InChI is InChI=1S/C19H20FN3O3/c1-13(2)22-18(24)19(25)23-21-11-14-7-4-6-10-17(14)26-12-15-8-3-5-9-16(15)20/h3-11,13H,12H2,1-2H3,(H,22,24)(H,23,25)/b21-11-. The Kier molecular flexibility index (Phi) is 6.84. The zero-order valence-electron chi connectivity index (χ0n) is 14.5. The maximum absolute atomic E-state index is 13.7. The Balaban J connectivity index is 1.99. The molecule has 0 aromatic heterocycles. The third-order valence-corrected chi connectivity index (χ3v) is 3.26. The summed E-state index contributed by atoms with van der Waals surface area (Å²) in [6, 6.07) is 13.2. The van der Waals surface area contributed by atoms with E-state index in [9.17, 15) is 14.0 Å². The fourth-order valence-corrected chi connectivity index (χ4v) is 2.03. The Morgan fingerprint density at radius 2 is 1.81 bits per heavy atom. The van der Waals surface area contributed by atoms with Gasteiger partial charge in [-0.25, -0.2) is 9.82 Å². The number of hydrazone groups is 1. The minimum Gasteiger partial charge on any atom is -0.488 e. The number of rotatable bonds is 6. The third kappa shape index (κ3) is 5.70. The number of ether oxygens (including phenoxy) is 1. The molecule has 6 nitrogen and oxygen atoms in total. The minimum absolute atomic E-state index is 0.0562. The molecular formula is C19H20FN3O3. The predicted octanol–water partition coefficient (Wildman–Crippen LogP) is 2.38. The summed E-state index contributed by atoms with van der Waals surface area (Å²) in [6.07, 6.45) is 1.36. The first-order valence-corrected chi connectivity index (χ1v) is 8.06. The second-order valence-corrected chi connectivity index (χ2v) is 5.75. The van der Waals surface area contributed by atoms with Crippen molar-refractivity contribution in [2.75, 3.05) is 0 Å². The zero-order chi connectivity index (χ0) is 18.9. The molecular weight excluding hydrogens is 337 g/mol. The number of nitrogens with one attached hydrogen (secondary N) is 2. The summed E-state index contributed by atoms with van der Waals surface area (Å²) in [5.74, 6) is -1.50. The van der Waals surface area contributed by atoms with Crippen LogP contribution in [-0.4, -0.2) is 24.1 Å². The lowest BCUT2D eigenvalue weighted by molar-refractivity contribution is -0.139. The van der Waals surface area contributed by atoms with Crippen LogP contribution in [0.1, 0.15) is 25.0 Å². The lowest BCUT2D eigenvalue weighted by atomic mass is 10.2. The Hall–Kier alpha value is -3.22. The molecule has 0 aliphatic heterocycles. The smallest absolute Gasteiger partial charge is 0.329 e. The lowest BCUT2D eigenvalue weighted by Gasteiger charge is -2.09. The predicted molar refractivity (Wildman–Crippen MR) is 96.2 cm³/mol. The van der Waals surface area contributed by atoms with Crippen molar-refractivity contribution in [1.29, 1.82) is 0 Å². The van der Waals surface area contributed by atoms with Crippen molar-refractivity contribution in [1.82, 2.24) is 10.7 Å². The van der Waals surface area contributed by atoms with Gasteiger partial charge in [-0.1, -0.05) is 30.3 Å². The van der Waals surface area contributed by atoms with Gasteiger partial charge in [0.15, 0.2) is 0 Å². The van der Waals surface area contributed by atoms with Crippen LogP contribution < -0.4 is 15.5 Å². The number of carbonyl (C=O) groups excluding carboxylic acids is 2. The van der Waals surface area contributed by atoms with Crippen molar-refractivity contribution in [2.24, 2.45) is 5.10 Å². The van der Waals surface area contributed by atoms with Gasteiger partial charge in [-0.3, -0.25) is 9.59 Å². The molecule has 0 saturated heterocycles. The summed E-state index contributed by atoms with van der Waals surface area (Å²) >= 11 is 0. The molecule has 2 amide bonds. The number of hydrogen-bond donors (Lipinski definition) is 2. The van der Waals surface area contributed by atoms with E-state index in [1.807, 2.05) is 0 Å². The van der Waals surface area contributed by atoms with Crippen LogP contribution in [0.4, 0.5) is 4.39 Å². The van der Waals surface area contributed by atoms with E-state index in [-0.39, 0.29) is 18.5 Å². The maximum atomic E-state index is 13.7. The van der Waals surface area contributed by atoms with E-state index in [4.69, 9.17) is 4.74 Å². The van der Waals surface area contributed by atoms with Gasteiger partial charge in [0.25, 0.3) is 0 Å². The van der Waals surface area contributed by atoms with Crippen LogP contribution in [0, 0.1) is 5.82 Å². The van der Waals surface area contributed by atoms with Gasteiger partial charge in [0.05, 0.1) is 6.21 Å². The first-order chi connectivity index (χ1) is 12.5. The summed E-state index contributed by atoms with van der Waals surface area (Å²) in [7, 11) is 0. The van der Waals surface area contributed by atoms with Crippen LogP contribution in [0.25, 0.3) is 0 Å². The Morgan fingerprint density at radius 3 is 2.54 bits per heavy atom. The van der Waals surface area contributed by atoms with E-state index in [0.717, 1.165) is 0 Å². The highest BCUT2D eigenvalue weighted by Crippen LogP contribution is 2.18. The van der Waals surface area contributed by atoms with Crippen molar-refractivity contribution in [3.63, 3.8) is 0 Å². The number of carbonyl (C=O) groups is 2. The molecule has 2 aromatic rings. The molecule has 136 valence electrons. The molecule has 0 bridgehead atoms. The third-order valence-electron chi connectivity index (χ3n) is 3.26. The van der Waals surface area contributed by atoms with Crippen molar-refractivity contribution >= 4 is 18.0 Å². The van der Waals surface area contributed by atoms with Crippen molar-refractivity contribution in [3.8, 4) is 5.75 Å². The highest BCUT2D eigenvalue weighted by Gasteiger charge is 2.13. The van der Waals surface area contributed by atoms with Crippen LogP contribution in [0.15, 0.2) is 53.6 Å². The Bertz CT molecular complexity index is 806. The van der Waals surface area contributed by atoms with Crippen molar-refractivity contribution in [3.05, 3.63) is 65.5 Å². The molecule has 0 aliphatic rings. The molecule has 0 atom stereocenters. The molecule has 2 rings (SSSR count). The molecule has 26 heavy (non-hydrogen) atoms. The van der Waals surface area contributed by atoms with Crippen LogP contribution in [0.2, 0.25) is 0 Å². The fraction of sp³-hybridized carbons (Fsp3) is 0.211. The second-order valence-electron chi connectivity index (χ2n) is 5.75. The van der Waals surface area contributed by atoms with Crippen LogP contribution in [0.3, 0.4) is 0 Å². The fourth-order valence-electron chi connectivity index (χ4n) is 2.03. The minimum atomic E-state index is -0.861. The first kappa shape index (κ1) is 19.1. The van der Waals surface area contributed by atoms with E-state index in [1.165, 1.54) is 12.3 Å². The van der Waals surface area contributed by atoms with Crippen LogP contribution >= 0.6 is 0 Å². The van der Waals surface area contributed by atoms with E-state index in [2.05, 4.69) is 15.8 Å². The highest BCUT2D eigenvalue weighted by molar-refractivity contribution is 6.35. The summed E-state index contributed by atoms with van der Waals surface area (Å²) in [5, 5.41) is 6.22. The molecule has 0 radical (unpaired) electrons. The maximum Gasteiger partial charge on any atom is 0.329 e. The van der Waals surface area contributed by atoms with Crippen LogP contribution in [-0.2, 0) is 16.2 Å². The topological polar surface area (TPSA) is 79.8 Å². The Morgan fingerprint density at radius 1 is 1.12 bits per heavy atom. The average molecular weight is 357 g/mol. The zero-order valence-corrected chi connectivity index (χ0v) is 14.5. The molecule has 0 fully saturated rings. The van der Waals surface area contributed by atoms with Gasteiger partial charge in [0.1, 0.15) is 18.2 Å². The summed E-state index contributed by atoms with van der Waals surface area (Å²) in [4.78, 5) is 23.1. The number of halogens is 1. The first-order valence-electron chi connectivity index (χ1n) is 8.06. The Labute approximate surface area is 151 Å². The summed E-state index contributed by atoms with van der Waals surface area (Å²) in [6.45, 7) is 3.55. The SMILES string of the molecule is CC(C)NC(=O)C(=O)N/N=C\c1ccccc1OCc1ccccc1F. The average Bonchev–Trinajstić information content (AvgIpc) is 2.61. The van der Waals surface area contributed by atoms with E-state index < -0.39 is 11.8 Å². The number of para-hydroxylation sites is 1. The largest absolute Gasteiger partial charge is 0.488 e. The molecule has 0 unspecified atom stereocenters. The van der Waals surface area contributed by atoms with Gasteiger partial charge in [0, 0.05) is 17.2 Å². The normalized spacial score (nSPS) is 10.8. The summed E-state index contributed by atoms with van der Waals surface area (Å²) < 4.78 is 19.3. The van der Waals surface area contributed by atoms with Gasteiger partial charge in [0.2, 0.25) is 0 Å². The van der Waals surface area contributed by atoms with Crippen molar-refractivity contribution < 1.29 is 18.7 Å². The van der Waals surface area contributed by atoms with E-state index >= 15 is 0 Å². The number of nitrogens with zero attached hydrogens (tertiary/aromatic N) is 1. The lowest BCUT2D eigenvalue weighted by Crippen LogP contribution is -2.41. The van der Waals surface area contributed by atoms with Gasteiger partial charge in [-0.2, -0.15) is 5.10 Å². The van der Waals surface area contributed by atoms with E-state index in [1.54, 1.807) is 56.3 Å². The summed E-state index contributed by atoms with van der Waals surface area (Å²) in [5.41, 5.74) is 3.16. The van der Waals surface area contributed by atoms with Gasteiger partial charge < -0.3 is 10.1 Å². The quantitative estimate of drug-likeness (QED) is 0.473. The molecule has 2 aromatic carbocycles. The molecule has 7 heteroatoms. The molecule has 0 saturated carbocycles. The van der Waals surface area contributed by atoms with Crippen molar-refractivity contribution in [2.45, 2.75) is 26.5 Å². The van der Waals surface area contributed by atoms with Gasteiger partial charge in [-0.05, 0) is 32.0 Å². The second kappa shape index (κ2) is 9.31. The molecule has 0 spiro atoms. The number of amides is 2. The van der Waals surface area contributed by atoms with Gasteiger partial charge in [-0.15, -0.1) is 0 Å². The van der Waals surface area contributed by atoms with E-state index in [0.29, 0.717) is 16.9 Å². The molecule has 0 heterocycles. The van der Waals surface area contributed by atoms with Crippen LogP contribution in [0.5, 0.6) is 5.75 Å². The molecule has 2 N–H and O–H groups in total. The molecule has 0 aliphatic carbocycles.